The summed E-state index contributed by atoms with van der Waals surface area (Å²) in [5.41, 5.74) is 1.04. The third-order valence-electron chi connectivity index (χ3n) is 4.37. The Morgan fingerprint density at radius 1 is 1.19 bits per heavy atom. The van der Waals surface area contributed by atoms with Crippen molar-refractivity contribution >= 4 is 5.97 Å². The Balaban J connectivity index is 2.25. The number of likely N-dealkylation sites (N-methyl/N-ethyl adjacent to an activating group) is 1. The molecule has 0 amide bonds. The topological polar surface area (TPSA) is 29.5 Å². The van der Waals surface area contributed by atoms with Gasteiger partial charge in [0.2, 0.25) is 0 Å². The van der Waals surface area contributed by atoms with E-state index in [9.17, 15) is 4.79 Å². The first kappa shape index (κ1) is 16.0. The SMILES string of the molecule is CCOC(=O)C(c1ccccc1)N(CC)C1CCCCC1. The number of hydrogen-bond acceptors (Lipinski definition) is 3. The number of ether oxygens (including phenoxy) is 1. The molecule has 3 heteroatoms. The summed E-state index contributed by atoms with van der Waals surface area (Å²) in [6, 6.07) is 10.3. The highest BCUT2D eigenvalue weighted by atomic mass is 16.5. The fourth-order valence-corrected chi connectivity index (χ4v) is 3.38. The lowest BCUT2D eigenvalue weighted by Crippen LogP contribution is -2.43. The summed E-state index contributed by atoms with van der Waals surface area (Å²) in [5.74, 6) is -0.115. The zero-order valence-electron chi connectivity index (χ0n) is 13.3. The summed E-state index contributed by atoms with van der Waals surface area (Å²) >= 11 is 0. The summed E-state index contributed by atoms with van der Waals surface area (Å²) in [5, 5.41) is 0. The molecule has 1 unspecified atom stereocenters. The maximum Gasteiger partial charge on any atom is 0.328 e. The number of carbonyl (C=O) groups is 1. The van der Waals surface area contributed by atoms with Crippen LogP contribution >= 0.6 is 0 Å². The second-order valence-electron chi connectivity index (χ2n) is 5.69. The standard InChI is InChI=1S/C18H27NO2/c1-3-19(16-13-9-6-10-14-16)17(18(20)21-4-2)15-11-7-5-8-12-15/h5,7-8,11-12,16-17H,3-4,6,9-10,13-14H2,1-2H3. The fraction of sp³-hybridized carbons (Fsp3) is 0.611. The van der Waals surface area contributed by atoms with Gasteiger partial charge in [-0.25, -0.2) is 4.79 Å². The van der Waals surface area contributed by atoms with Crippen molar-refractivity contribution in [2.75, 3.05) is 13.2 Å². The van der Waals surface area contributed by atoms with E-state index in [0.29, 0.717) is 12.6 Å². The zero-order valence-corrected chi connectivity index (χ0v) is 13.3. The lowest BCUT2D eigenvalue weighted by molar-refractivity contribution is -0.151. The van der Waals surface area contributed by atoms with Crippen LogP contribution in [0.3, 0.4) is 0 Å². The molecule has 0 spiro atoms. The molecule has 1 aliphatic rings. The second-order valence-corrected chi connectivity index (χ2v) is 5.69. The van der Waals surface area contributed by atoms with Gasteiger partial charge in [0.25, 0.3) is 0 Å². The van der Waals surface area contributed by atoms with Gasteiger partial charge in [0.1, 0.15) is 6.04 Å². The Bertz CT molecular complexity index is 426. The van der Waals surface area contributed by atoms with Crippen molar-refractivity contribution in [2.45, 2.75) is 58.0 Å². The van der Waals surface area contributed by atoms with E-state index in [4.69, 9.17) is 4.74 Å². The Morgan fingerprint density at radius 3 is 2.43 bits per heavy atom. The molecule has 0 bridgehead atoms. The van der Waals surface area contributed by atoms with Crippen LogP contribution in [0.2, 0.25) is 0 Å². The van der Waals surface area contributed by atoms with Crippen LogP contribution in [0.1, 0.15) is 57.6 Å². The summed E-state index contributed by atoms with van der Waals surface area (Å²) in [7, 11) is 0. The highest BCUT2D eigenvalue weighted by Crippen LogP contribution is 2.31. The largest absolute Gasteiger partial charge is 0.465 e. The van der Waals surface area contributed by atoms with Crippen LogP contribution in [0.15, 0.2) is 30.3 Å². The van der Waals surface area contributed by atoms with Gasteiger partial charge in [-0.15, -0.1) is 0 Å². The minimum atomic E-state index is -0.265. The van der Waals surface area contributed by atoms with Crippen molar-refractivity contribution in [1.82, 2.24) is 4.90 Å². The third-order valence-corrected chi connectivity index (χ3v) is 4.37. The Kier molecular flexibility index (Phi) is 6.24. The average molecular weight is 289 g/mol. The molecule has 0 heterocycles. The molecule has 1 aromatic rings. The van der Waals surface area contributed by atoms with E-state index in [-0.39, 0.29) is 12.0 Å². The van der Waals surface area contributed by atoms with Gasteiger partial charge in [-0.2, -0.15) is 0 Å². The third kappa shape index (κ3) is 4.07. The quantitative estimate of drug-likeness (QED) is 0.743. The van der Waals surface area contributed by atoms with Gasteiger partial charge >= 0.3 is 5.97 Å². The highest BCUT2D eigenvalue weighted by molar-refractivity contribution is 5.77. The van der Waals surface area contributed by atoms with E-state index in [1.807, 2.05) is 37.3 Å². The van der Waals surface area contributed by atoms with E-state index < -0.39 is 0 Å². The highest BCUT2D eigenvalue weighted by Gasteiger charge is 2.33. The van der Waals surface area contributed by atoms with E-state index >= 15 is 0 Å². The van der Waals surface area contributed by atoms with Crippen molar-refractivity contribution in [3.63, 3.8) is 0 Å². The average Bonchev–Trinajstić information content (AvgIpc) is 2.54. The van der Waals surface area contributed by atoms with Crippen LogP contribution in [0.5, 0.6) is 0 Å². The predicted molar refractivity (Wildman–Crippen MR) is 85.1 cm³/mol. The van der Waals surface area contributed by atoms with Crippen molar-refractivity contribution in [3.05, 3.63) is 35.9 Å². The Labute approximate surface area is 128 Å². The number of esters is 1. The predicted octanol–water partition coefficient (Wildman–Crippen LogP) is 3.95. The van der Waals surface area contributed by atoms with Gasteiger partial charge in [0, 0.05) is 6.04 Å². The number of rotatable bonds is 6. The summed E-state index contributed by atoms with van der Waals surface area (Å²) in [6.07, 6.45) is 6.24. The lowest BCUT2D eigenvalue weighted by Gasteiger charge is -2.38. The van der Waals surface area contributed by atoms with Gasteiger partial charge in [-0.1, -0.05) is 56.5 Å². The Hall–Kier alpha value is -1.35. The molecule has 0 aromatic heterocycles. The van der Waals surface area contributed by atoms with Crippen molar-refractivity contribution in [3.8, 4) is 0 Å². The first-order valence-electron chi connectivity index (χ1n) is 8.25. The number of benzene rings is 1. The summed E-state index contributed by atoms with van der Waals surface area (Å²) in [4.78, 5) is 14.9. The molecule has 1 saturated carbocycles. The molecular formula is C18H27NO2. The minimum Gasteiger partial charge on any atom is -0.465 e. The molecule has 1 aromatic carbocycles. The van der Waals surface area contributed by atoms with Gasteiger partial charge in [0.15, 0.2) is 0 Å². The fourth-order valence-electron chi connectivity index (χ4n) is 3.38. The first-order chi connectivity index (χ1) is 10.3. The van der Waals surface area contributed by atoms with Crippen LogP contribution in [-0.4, -0.2) is 30.1 Å². The lowest BCUT2D eigenvalue weighted by atomic mass is 9.92. The molecule has 3 nitrogen and oxygen atoms in total. The second kappa shape index (κ2) is 8.18. The van der Waals surface area contributed by atoms with Crippen molar-refractivity contribution in [1.29, 1.82) is 0 Å². The molecule has 0 aliphatic heterocycles. The monoisotopic (exact) mass is 289 g/mol. The molecule has 1 aliphatic carbocycles. The maximum atomic E-state index is 12.5. The molecule has 0 saturated heterocycles. The van der Waals surface area contributed by atoms with E-state index in [2.05, 4.69) is 11.8 Å². The molecule has 21 heavy (non-hydrogen) atoms. The number of carbonyl (C=O) groups excluding carboxylic acids is 1. The maximum absolute atomic E-state index is 12.5. The van der Waals surface area contributed by atoms with Crippen LogP contribution in [-0.2, 0) is 9.53 Å². The van der Waals surface area contributed by atoms with E-state index in [0.717, 1.165) is 12.1 Å². The first-order valence-corrected chi connectivity index (χ1v) is 8.25. The molecular weight excluding hydrogens is 262 g/mol. The number of nitrogens with zero attached hydrogens (tertiary/aromatic N) is 1. The molecule has 0 radical (unpaired) electrons. The molecule has 2 rings (SSSR count). The zero-order chi connectivity index (χ0) is 15.1. The van der Waals surface area contributed by atoms with Crippen LogP contribution < -0.4 is 0 Å². The molecule has 1 fully saturated rings. The van der Waals surface area contributed by atoms with Gasteiger partial charge in [0.05, 0.1) is 6.61 Å². The molecule has 1 atom stereocenters. The minimum absolute atomic E-state index is 0.115. The van der Waals surface area contributed by atoms with Gasteiger partial charge < -0.3 is 4.74 Å². The summed E-state index contributed by atoms with van der Waals surface area (Å²) < 4.78 is 5.35. The molecule has 116 valence electrons. The smallest absolute Gasteiger partial charge is 0.328 e. The van der Waals surface area contributed by atoms with Crippen LogP contribution in [0, 0.1) is 0 Å². The van der Waals surface area contributed by atoms with Crippen molar-refractivity contribution in [2.24, 2.45) is 0 Å². The van der Waals surface area contributed by atoms with Gasteiger partial charge in [-0.3, -0.25) is 4.90 Å². The van der Waals surface area contributed by atoms with Crippen molar-refractivity contribution < 1.29 is 9.53 Å². The van der Waals surface area contributed by atoms with Gasteiger partial charge in [-0.05, 0) is 31.9 Å². The normalized spacial score (nSPS) is 17.7. The van der Waals surface area contributed by atoms with Crippen LogP contribution in [0.4, 0.5) is 0 Å². The van der Waals surface area contributed by atoms with Crippen LogP contribution in [0.25, 0.3) is 0 Å². The number of hydrogen-bond donors (Lipinski definition) is 0. The van der Waals surface area contributed by atoms with E-state index in [1.165, 1.54) is 32.1 Å². The van der Waals surface area contributed by atoms with E-state index in [1.54, 1.807) is 0 Å². The Morgan fingerprint density at radius 2 is 1.86 bits per heavy atom. The molecule has 0 N–H and O–H groups in total. The summed E-state index contributed by atoms with van der Waals surface area (Å²) in [6.45, 7) is 5.33.